The molecule has 0 heterocycles. The van der Waals surface area contributed by atoms with Gasteiger partial charge in [0.1, 0.15) is 5.70 Å². The van der Waals surface area contributed by atoms with Crippen molar-refractivity contribution in [2.45, 2.75) is 13.8 Å². The monoisotopic (exact) mass is 740 g/mol. The molecule has 0 spiro atoms. The summed E-state index contributed by atoms with van der Waals surface area (Å²) >= 11 is 0. The molecule has 0 amide bonds. The fourth-order valence-corrected chi connectivity index (χ4v) is 13.8. The molecule has 0 aromatic heterocycles. The smallest absolute Gasteiger partial charge is 0.356 e. The lowest BCUT2D eigenvalue weighted by atomic mass is 10.1. The van der Waals surface area contributed by atoms with Gasteiger partial charge in [0.2, 0.25) is 0 Å². The van der Waals surface area contributed by atoms with Gasteiger partial charge in [0.05, 0.1) is 26.4 Å². The first-order valence-corrected chi connectivity index (χ1v) is 21.6. The van der Waals surface area contributed by atoms with Crippen LogP contribution in [0.3, 0.4) is 0 Å². The van der Waals surface area contributed by atoms with Crippen molar-refractivity contribution in [3.8, 4) is 0 Å². The summed E-state index contributed by atoms with van der Waals surface area (Å²) in [7, 11) is -5.30. The van der Waals surface area contributed by atoms with E-state index in [-0.39, 0.29) is 12.3 Å². The van der Waals surface area contributed by atoms with Gasteiger partial charge in [-0.3, -0.25) is 4.74 Å². The van der Waals surface area contributed by atoms with Gasteiger partial charge < -0.3 is 4.74 Å². The Morgan fingerprint density at radius 1 is 0.519 bits per heavy atom. The van der Waals surface area contributed by atoms with Crippen molar-refractivity contribution in [3.63, 3.8) is 0 Å². The first-order chi connectivity index (χ1) is 26.5. The highest BCUT2D eigenvalue weighted by molar-refractivity contribution is 7.88. The molecule has 0 aliphatic carbocycles. The molecule has 54 heavy (non-hydrogen) atoms. The first-order valence-electron chi connectivity index (χ1n) is 18.1. The molecule has 7 aromatic carbocycles. The summed E-state index contributed by atoms with van der Waals surface area (Å²) in [6, 6.07) is 69.0. The van der Waals surface area contributed by atoms with E-state index in [1.807, 2.05) is 85.8 Å². The summed E-state index contributed by atoms with van der Waals surface area (Å²) in [6.07, 6.45) is 1.89. The predicted octanol–water partition coefficient (Wildman–Crippen LogP) is 9.89. The zero-order chi connectivity index (χ0) is 37.2. The maximum absolute atomic E-state index is 14.1. The zero-order valence-electron chi connectivity index (χ0n) is 30.4. The van der Waals surface area contributed by atoms with E-state index in [0.29, 0.717) is 0 Å². The predicted molar refractivity (Wildman–Crippen MR) is 231 cm³/mol. The van der Waals surface area contributed by atoms with Crippen LogP contribution in [0.2, 0.25) is 0 Å². The molecular weight excluding hydrogens is 698 g/mol. The lowest BCUT2D eigenvalue weighted by Crippen LogP contribution is -2.26. The van der Waals surface area contributed by atoms with Crippen LogP contribution in [0.15, 0.2) is 215 Å². The Kier molecular flexibility index (Phi) is 11.5. The number of carbonyl (C=O) groups is 1. The molecule has 6 heteroatoms. The number of esters is 1. The van der Waals surface area contributed by atoms with Gasteiger partial charge in [-0.25, -0.2) is 9.54 Å². The number of carbonyl (C=O) groups excluding carboxylic acids is 1. The van der Waals surface area contributed by atoms with Crippen molar-refractivity contribution < 1.29 is 9.53 Å². The Bertz CT molecular complexity index is 2260. The SMILES string of the molecule is CCOC(=O)/C(=C/c1cc(N=P(c2ccccc2)(c2ccccc2)c2ccccc2)ccc1C)N=P(c1ccccc1)(c1ccccc1)c1ccccc1. The minimum atomic E-state index is -2.77. The van der Waals surface area contributed by atoms with E-state index >= 15 is 0 Å². The minimum Gasteiger partial charge on any atom is -0.461 e. The molecule has 0 bridgehead atoms. The fourth-order valence-electron chi connectivity index (χ4n) is 6.76. The summed E-state index contributed by atoms with van der Waals surface area (Å²) in [6.45, 7) is 4.11. The topological polar surface area (TPSA) is 51.0 Å². The minimum absolute atomic E-state index is 0.228. The van der Waals surface area contributed by atoms with Crippen molar-refractivity contribution in [2.75, 3.05) is 6.61 Å². The van der Waals surface area contributed by atoms with Crippen LogP contribution >= 0.6 is 14.1 Å². The number of aryl methyl sites for hydroxylation is 1. The van der Waals surface area contributed by atoms with E-state index in [0.717, 1.165) is 48.6 Å². The van der Waals surface area contributed by atoms with E-state index in [2.05, 4.69) is 134 Å². The molecule has 0 radical (unpaired) electrons. The average Bonchev–Trinajstić information content (AvgIpc) is 3.24. The van der Waals surface area contributed by atoms with Crippen LogP contribution in [0, 0.1) is 6.92 Å². The van der Waals surface area contributed by atoms with Crippen LogP contribution in [-0.2, 0) is 9.53 Å². The van der Waals surface area contributed by atoms with E-state index in [1.165, 1.54) is 0 Å². The van der Waals surface area contributed by atoms with Gasteiger partial charge in [0.25, 0.3) is 0 Å². The third-order valence-electron chi connectivity index (χ3n) is 9.34. The first kappa shape index (κ1) is 36.6. The van der Waals surface area contributed by atoms with Crippen LogP contribution in [0.1, 0.15) is 18.1 Å². The molecular formula is C48H42N2O2P2. The maximum atomic E-state index is 14.1. The van der Waals surface area contributed by atoms with Gasteiger partial charge in [-0.05, 0) is 43.2 Å². The van der Waals surface area contributed by atoms with Crippen LogP contribution in [0.5, 0.6) is 0 Å². The highest BCUT2D eigenvalue weighted by Crippen LogP contribution is 2.50. The van der Waals surface area contributed by atoms with Crippen molar-refractivity contribution >= 4 is 63.7 Å². The number of hydrogen-bond donors (Lipinski definition) is 0. The van der Waals surface area contributed by atoms with Gasteiger partial charge in [-0.15, -0.1) is 0 Å². The number of nitrogens with zero attached hydrogens (tertiary/aromatic N) is 2. The highest BCUT2D eigenvalue weighted by atomic mass is 31.2. The molecule has 7 aromatic rings. The van der Waals surface area contributed by atoms with Gasteiger partial charge in [-0.2, -0.15) is 0 Å². The standard InChI is InChI=1S/C48H42N2O2P2/c1-3-52-48(51)47(50-54(44-28-16-7-17-29-44,45-30-18-8-19-31-45)46-32-20-9-21-33-46)37-39-36-40(35-34-38(39)2)49-53(41-22-10-4-11-23-41,42-24-12-5-13-25-42)43-26-14-6-15-27-43/h4-37H,3H2,1-2H3/b47-37-. The van der Waals surface area contributed by atoms with Crippen molar-refractivity contribution in [1.82, 2.24) is 0 Å². The van der Waals surface area contributed by atoms with Crippen LogP contribution in [-0.4, -0.2) is 12.6 Å². The molecule has 266 valence electrons. The fraction of sp³-hybridized carbons (Fsp3) is 0.0625. The second kappa shape index (κ2) is 16.9. The molecule has 0 aliphatic heterocycles. The molecule has 0 saturated carbocycles. The summed E-state index contributed by atoms with van der Waals surface area (Å²) in [5.41, 5.74) is 2.92. The summed E-state index contributed by atoms with van der Waals surface area (Å²) in [5.74, 6) is -0.467. The third-order valence-corrected chi connectivity index (χ3v) is 16.7. The normalized spacial score (nSPS) is 11.8. The Labute approximate surface area is 319 Å². The summed E-state index contributed by atoms with van der Waals surface area (Å²) < 4.78 is 17.1. The summed E-state index contributed by atoms with van der Waals surface area (Å²) in [5, 5.41) is 6.60. The quantitative estimate of drug-likeness (QED) is 0.0754. The second-order valence-corrected chi connectivity index (χ2v) is 18.8. The maximum Gasteiger partial charge on any atom is 0.356 e. The molecule has 7 rings (SSSR count). The van der Waals surface area contributed by atoms with Crippen molar-refractivity contribution in [3.05, 3.63) is 217 Å². The molecule has 4 nitrogen and oxygen atoms in total. The largest absolute Gasteiger partial charge is 0.461 e. The number of benzene rings is 7. The van der Waals surface area contributed by atoms with Gasteiger partial charge >= 0.3 is 5.97 Å². The Morgan fingerprint density at radius 2 is 0.870 bits per heavy atom. The lowest BCUT2D eigenvalue weighted by Gasteiger charge is -2.27. The average molecular weight is 741 g/mol. The molecule has 0 unspecified atom stereocenters. The van der Waals surface area contributed by atoms with E-state index in [9.17, 15) is 4.79 Å². The van der Waals surface area contributed by atoms with Crippen LogP contribution < -0.4 is 31.8 Å². The van der Waals surface area contributed by atoms with E-state index in [4.69, 9.17) is 14.2 Å². The highest BCUT2D eigenvalue weighted by Gasteiger charge is 2.30. The Hall–Kier alpha value is -5.79. The van der Waals surface area contributed by atoms with E-state index < -0.39 is 20.1 Å². The number of hydrogen-bond acceptors (Lipinski definition) is 4. The molecule has 0 saturated heterocycles. The molecule has 0 N–H and O–H groups in total. The van der Waals surface area contributed by atoms with Gasteiger partial charge in [0, 0.05) is 31.8 Å². The van der Waals surface area contributed by atoms with Gasteiger partial charge in [-0.1, -0.05) is 188 Å². The van der Waals surface area contributed by atoms with Crippen LogP contribution in [0.25, 0.3) is 6.08 Å². The number of ether oxygens (including phenoxy) is 1. The summed E-state index contributed by atoms with van der Waals surface area (Å²) in [4.78, 5) is 14.1. The van der Waals surface area contributed by atoms with Crippen molar-refractivity contribution in [1.29, 1.82) is 0 Å². The Balaban J connectivity index is 1.52. The van der Waals surface area contributed by atoms with Crippen LogP contribution in [0.4, 0.5) is 5.69 Å². The Morgan fingerprint density at radius 3 is 1.22 bits per heavy atom. The molecule has 0 atom stereocenters. The molecule has 0 fully saturated rings. The lowest BCUT2D eigenvalue weighted by molar-refractivity contribution is -0.138. The molecule has 0 aliphatic rings. The van der Waals surface area contributed by atoms with Crippen molar-refractivity contribution in [2.24, 2.45) is 9.49 Å². The van der Waals surface area contributed by atoms with E-state index in [1.54, 1.807) is 0 Å². The van der Waals surface area contributed by atoms with Gasteiger partial charge in [0.15, 0.2) is 0 Å². The number of rotatable bonds is 11. The second-order valence-electron chi connectivity index (χ2n) is 12.8. The third kappa shape index (κ3) is 7.50. The zero-order valence-corrected chi connectivity index (χ0v) is 32.2.